The van der Waals surface area contributed by atoms with Crippen LogP contribution in [-0.2, 0) is 0 Å². The molecule has 0 aliphatic carbocycles. The molecule has 0 saturated carbocycles. The van der Waals surface area contributed by atoms with Gasteiger partial charge in [-0.05, 0) is 18.1 Å². The molecule has 2 aromatic carbocycles. The number of nitrogens with one attached hydrogen (secondary N) is 1. The van der Waals surface area contributed by atoms with Gasteiger partial charge in [0.25, 0.3) is 0 Å². The molecule has 0 fully saturated rings. The Bertz CT molecular complexity index is 828. The van der Waals surface area contributed by atoms with E-state index in [1.807, 2.05) is 72.8 Å². The molecule has 3 rings (SSSR count). The Morgan fingerprint density at radius 2 is 1.72 bits per heavy atom. The van der Waals surface area contributed by atoms with Crippen LogP contribution in [-0.4, -0.2) is 26.7 Å². The van der Waals surface area contributed by atoms with Crippen molar-refractivity contribution in [2.24, 2.45) is 0 Å². The summed E-state index contributed by atoms with van der Waals surface area (Å²) in [5, 5.41) is 7.82. The third-order valence-corrected chi connectivity index (χ3v) is 4.52. The molecule has 126 valence electrons. The van der Waals surface area contributed by atoms with Gasteiger partial charge in [-0.25, -0.2) is 4.98 Å². The van der Waals surface area contributed by atoms with Crippen molar-refractivity contribution in [3.8, 4) is 0 Å². The summed E-state index contributed by atoms with van der Waals surface area (Å²) in [6, 6.07) is 19.5. The van der Waals surface area contributed by atoms with Gasteiger partial charge in [0, 0.05) is 17.7 Å². The van der Waals surface area contributed by atoms with Gasteiger partial charge < -0.3 is 0 Å². The average molecular weight is 349 g/mol. The zero-order chi connectivity index (χ0) is 17.3. The van der Waals surface area contributed by atoms with E-state index in [4.69, 9.17) is 0 Å². The quantitative estimate of drug-likeness (QED) is 0.363. The largest absolute Gasteiger partial charge is 0.294 e. The van der Waals surface area contributed by atoms with Gasteiger partial charge in [-0.1, -0.05) is 78.5 Å². The summed E-state index contributed by atoms with van der Waals surface area (Å²) in [6.45, 7) is 0. The molecule has 0 saturated heterocycles. The fourth-order valence-corrected chi connectivity index (χ4v) is 3.05. The summed E-state index contributed by atoms with van der Waals surface area (Å²) in [6.07, 6.45) is 5.25. The highest BCUT2D eigenvalue weighted by Gasteiger charge is 2.06. The van der Waals surface area contributed by atoms with Gasteiger partial charge in [0.05, 0.1) is 0 Å². The van der Waals surface area contributed by atoms with E-state index in [-0.39, 0.29) is 5.78 Å². The van der Waals surface area contributed by atoms with Crippen LogP contribution in [0.2, 0.25) is 0 Å². The first-order valence-corrected chi connectivity index (χ1v) is 9.16. The lowest BCUT2D eigenvalue weighted by Gasteiger charge is -1.99. The van der Waals surface area contributed by atoms with E-state index < -0.39 is 0 Å². The molecule has 0 unspecified atom stereocenters. The fourth-order valence-electron chi connectivity index (χ4n) is 2.30. The summed E-state index contributed by atoms with van der Waals surface area (Å²) in [4.78, 5) is 16.4. The predicted octanol–water partition coefficient (Wildman–Crippen LogP) is 4.73. The number of thioether (sulfide) groups is 1. The number of hydrogen-bond donors (Lipinski definition) is 1. The number of carbonyl (C=O) groups excluding carboxylic acids is 1. The number of ketones is 1. The molecule has 4 nitrogen and oxygen atoms in total. The van der Waals surface area contributed by atoms with Gasteiger partial charge in [0.1, 0.15) is 5.82 Å². The zero-order valence-electron chi connectivity index (χ0n) is 13.8. The fraction of sp³-hybridized carbons (Fsp3) is 0.150. The molecule has 3 aromatic rings. The van der Waals surface area contributed by atoms with Crippen LogP contribution in [0, 0.1) is 0 Å². The summed E-state index contributed by atoms with van der Waals surface area (Å²) in [5.41, 5.74) is 1.89. The molecule has 1 aromatic heterocycles. The van der Waals surface area contributed by atoms with Crippen LogP contribution < -0.4 is 0 Å². The van der Waals surface area contributed by atoms with Crippen LogP contribution in [0.1, 0.15) is 34.6 Å². The van der Waals surface area contributed by atoms with E-state index in [2.05, 4.69) is 15.2 Å². The predicted molar refractivity (Wildman–Crippen MR) is 102 cm³/mol. The molecule has 1 N–H and O–H groups in total. The van der Waals surface area contributed by atoms with Crippen molar-refractivity contribution in [1.82, 2.24) is 15.2 Å². The van der Waals surface area contributed by atoms with Crippen LogP contribution >= 0.6 is 11.8 Å². The van der Waals surface area contributed by atoms with Gasteiger partial charge in [-0.15, -0.1) is 5.10 Å². The lowest BCUT2D eigenvalue weighted by atomic mass is 10.1. The lowest BCUT2D eigenvalue weighted by molar-refractivity contribution is 0.0982. The highest BCUT2D eigenvalue weighted by atomic mass is 32.2. The van der Waals surface area contributed by atoms with Crippen LogP contribution in [0.25, 0.3) is 12.2 Å². The maximum Gasteiger partial charge on any atom is 0.208 e. The van der Waals surface area contributed by atoms with Crippen molar-refractivity contribution in [2.45, 2.75) is 18.0 Å². The van der Waals surface area contributed by atoms with E-state index >= 15 is 0 Å². The number of benzene rings is 2. The molecule has 0 radical (unpaired) electrons. The Kier molecular flexibility index (Phi) is 6.17. The maximum atomic E-state index is 12.0. The van der Waals surface area contributed by atoms with Crippen LogP contribution in [0.5, 0.6) is 0 Å². The Morgan fingerprint density at radius 1 is 1.00 bits per heavy atom. The highest BCUT2D eigenvalue weighted by molar-refractivity contribution is 7.99. The van der Waals surface area contributed by atoms with Crippen molar-refractivity contribution in [1.29, 1.82) is 0 Å². The van der Waals surface area contributed by atoms with Gasteiger partial charge in [-0.2, -0.15) is 0 Å². The molecule has 0 atom stereocenters. The molecular formula is C20H19N3OS. The van der Waals surface area contributed by atoms with E-state index in [0.717, 1.165) is 29.1 Å². The van der Waals surface area contributed by atoms with Crippen LogP contribution in [0.15, 0.2) is 65.8 Å². The van der Waals surface area contributed by atoms with Crippen molar-refractivity contribution < 1.29 is 4.79 Å². The third kappa shape index (κ3) is 5.43. The van der Waals surface area contributed by atoms with E-state index in [9.17, 15) is 4.79 Å². The first-order chi connectivity index (χ1) is 12.3. The monoisotopic (exact) mass is 349 g/mol. The Morgan fingerprint density at radius 3 is 2.48 bits per heavy atom. The second-order valence-electron chi connectivity index (χ2n) is 5.49. The normalized spacial score (nSPS) is 11.0. The topological polar surface area (TPSA) is 58.6 Å². The Hall–Kier alpha value is -2.66. The molecule has 25 heavy (non-hydrogen) atoms. The van der Waals surface area contributed by atoms with Gasteiger partial charge in [0.2, 0.25) is 5.16 Å². The lowest BCUT2D eigenvalue weighted by Crippen LogP contribution is -1.99. The number of nitrogens with zero attached hydrogens (tertiary/aromatic N) is 2. The number of H-pyrrole nitrogens is 1. The van der Waals surface area contributed by atoms with Gasteiger partial charge >= 0.3 is 0 Å². The summed E-state index contributed by atoms with van der Waals surface area (Å²) in [5.74, 6) is 1.73. The number of hydrogen-bond acceptors (Lipinski definition) is 4. The van der Waals surface area contributed by atoms with Crippen molar-refractivity contribution >= 4 is 29.7 Å². The van der Waals surface area contributed by atoms with E-state index in [1.165, 1.54) is 0 Å². The molecule has 1 heterocycles. The summed E-state index contributed by atoms with van der Waals surface area (Å²) in [7, 11) is 0. The standard InChI is InChI=1S/C20H19N3OS/c24-18(17-10-5-2-6-11-17)12-7-15-25-20-21-19(22-23-20)14-13-16-8-3-1-4-9-16/h1-6,8-11,13-14H,7,12,15H2,(H,21,22,23). The summed E-state index contributed by atoms with van der Waals surface area (Å²) >= 11 is 1.56. The number of aromatic amines is 1. The minimum absolute atomic E-state index is 0.183. The van der Waals surface area contributed by atoms with Crippen LogP contribution in [0.4, 0.5) is 0 Å². The van der Waals surface area contributed by atoms with Crippen molar-refractivity contribution in [2.75, 3.05) is 5.75 Å². The molecule has 5 heteroatoms. The number of Topliss-reactive ketones (excluding diaryl/α,β-unsaturated/α-hetero) is 1. The minimum atomic E-state index is 0.183. The SMILES string of the molecule is O=C(CCCSc1n[nH]c(C=Cc2ccccc2)n1)c1ccccc1. The summed E-state index contributed by atoms with van der Waals surface area (Å²) < 4.78 is 0. The number of rotatable bonds is 8. The van der Waals surface area contributed by atoms with Crippen molar-refractivity contribution in [3.05, 3.63) is 77.6 Å². The molecule has 0 aliphatic rings. The highest BCUT2D eigenvalue weighted by Crippen LogP contribution is 2.16. The van der Waals surface area contributed by atoms with E-state index in [0.29, 0.717) is 11.6 Å². The van der Waals surface area contributed by atoms with Gasteiger partial charge in [0.15, 0.2) is 5.78 Å². The first-order valence-electron chi connectivity index (χ1n) is 8.18. The Labute approximate surface area is 151 Å². The number of aromatic nitrogens is 3. The smallest absolute Gasteiger partial charge is 0.208 e. The molecule has 0 spiro atoms. The molecule has 0 bridgehead atoms. The van der Waals surface area contributed by atoms with Crippen LogP contribution in [0.3, 0.4) is 0 Å². The third-order valence-electron chi connectivity index (χ3n) is 3.59. The Balaban J connectivity index is 1.43. The van der Waals surface area contributed by atoms with Crippen molar-refractivity contribution in [3.63, 3.8) is 0 Å². The number of carbonyl (C=O) groups is 1. The second kappa shape index (κ2) is 8.99. The molecular weight excluding hydrogens is 330 g/mol. The molecule has 0 aliphatic heterocycles. The molecule has 0 amide bonds. The average Bonchev–Trinajstić information content (AvgIpc) is 3.13. The minimum Gasteiger partial charge on any atom is -0.294 e. The van der Waals surface area contributed by atoms with Gasteiger partial charge in [-0.3, -0.25) is 9.89 Å². The second-order valence-corrected chi connectivity index (χ2v) is 6.55. The zero-order valence-corrected chi connectivity index (χ0v) is 14.6. The first kappa shape index (κ1) is 17.2. The van der Waals surface area contributed by atoms with E-state index in [1.54, 1.807) is 11.8 Å². The maximum absolute atomic E-state index is 12.0.